The minimum absolute atomic E-state index is 0.296. The van der Waals surface area contributed by atoms with Crippen molar-refractivity contribution in [3.05, 3.63) is 108 Å². The topological polar surface area (TPSA) is 0 Å². The van der Waals surface area contributed by atoms with Crippen molar-refractivity contribution >= 4 is 15.9 Å². The van der Waals surface area contributed by atoms with Crippen molar-refractivity contribution in [2.45, 2.75) is 11.8 Å². The van der Waals surface area contributed by atoms with Gasteiger partial charge in [-0.3, -0.25) is 0 Å². The summed E-state index contributed by atoms with van der Waals surface area (Å²) in [5.74, 6) is 0. The molecule has 0 fully saturated rings. The molecule has 0 N–H and O–H groups in total. The van der Waals surface area contributed by atoms with Gasteiger partial charge in [-0.05, 0) is 18.1 Å². The van der Waals surface area contributed by atoms with E-state index in [2.05, 4.69) is 83.5 Å². The van der Waals surface area contributed by atoms with E-state index < -0.39 is 0 Å². The first-order valence-corrected chi connectivity index (χ1v) is 7.94. The van der Waals surface area contributed by atoms with Gasteiger partial charge in [0.25, 0.3) is 0 Å². The monoisotopic (exact) mass is 338 g/mol. The Morgan fingerprint density at radius 1 is 0.571 bits per heavy atom. The number of aryl methyl sites for hydroxylation is 1. The molecule has 0 saturated heterocycles. The fraction of sp³-hybridized carbons (Fsp3) is 0.100. The Labute approximate surface area is 135 Å². The van der Waals surface area contributed by atoms with E-state index in [9.17, 15) is 0 Å². The lowest BCUT2D eigenvalue weighted by molar-refractivity contribution is 1.18. The van der Waals surface area contributed by atoms with E-state index in [0.29, 0.717) is 4.83 Å². The minimum atomic E-state index is 0.296. The highest BCUT2D eigenvalue weighted by molar-refractivity contribution is 9.09. The maximum Gasteiger partial charge on any atom is 0.0644 e. The van der Waals surface area contributed by atoms with Crippen molar-refractivity contribution in [1.82, 2.24) is 0 Å². The lowest BCUT2D eigenvalue weighted by atomic mass is 10.1. The molecule has 0 heterocycles. The molecule has 0 aliphatic heterocycles. The second-order valence-electron chi connectivity index (χ2n) is 4.84. The standard InChI is InChI=1S/C13H11Br.C7H8/c14-13(11-7-3-1-4-8-11)12-9-5-2-6-10-12;1-7-5-3-2-4-6-7/h1-10,13H;2-6H,1H3. The molecule has 0 unspecified atom stereocenters. The van der Waals surface area contributed by atoms with Gasteiger partial charge in [-0.2, -0.15) is 0 Å². The van der Waals surface area contributed by atoms with Crippen LogP contribution in [0.25, 0.3) is 0 Å². The molecule has 0 aliphatic rings. The summed E-state index contributed by atoms with van der Waals surface area (Å²) in [5, 5.41) is 0. The molecule has 21 heavy (non-hydrogen) atoms. The van der Waals surface area contributed by atoms with Crippen LogP contribution in [0.5, 0.6) is 0 Å². The predicted molar refractivity (Wildman–Crippen MR) is 94.8 cm³/mol. The highest BCUT2D eigenvalue weighted by Crippen LogP contribution is 2.29. The first-order valence-electron chi connectivity index (χ1n) is 7.03. The molecule has 106 valence electrons. The Morgan fingerprint density at radius 2 is 0.905 bits per heavy atom. The number of benzene rings is 3. The van der Waals surface area contributed by atoms with E-state index in [1.54, 1.807) is 0 Å². The summed E-state index contributed by atoms with van der Waals surface area (Å²) in [6.45, 7) is 2.08. The highest BCUT2D eigenvalue weighted by Gasteiger charge is 2.07. The summed E-state index contributed by atoms with van der Waals surface area (Å²) in [4.78, 5) is 0.296. The molecule has 0 saturated carbocycles. The molecular formula is C20H19Br. The fourth-order valence-corrected chi connectivity index (χ4v) is 2.58. The van der Waals surface area contributed by atoms with E-state index >= 15 is 0 Å². The van der Waals surface area contributed by atoms with Crippen LogP contribution in [0.3, 0.4) is 0 Å². The lowest BCUT2D eigenvalue weighted by Crippen LogP contribution is -1.90. The Morgan fingerprint density at radius 3 is 1.19 bits per heavy atom. The van der Waals surface area contributed by atoms with Gasteiger partial charge in [0.1, 0.15) is 0 Å². The summed E-state index contributed by atoms with van der Waals surface area (Å²) < 4.78 is 0. The van der Waals surface area contributed by atoms with Gasteiger partial charge in [-0.15, -0.1) is 0 Å². The molecule has 0 aromatic heterocycles. The van der Waals surface area contributed by atoms with E-state index in [1.807, 2.05) is 30.3 Å². The van der Waals surface area contributed by atoms with Gasteiger partial charge in [0.05, 0.1) is 4.83 Å². The van der Waals surface area contributed by atoms with Crippen LogP contribution >= 0.6 is 15.9 Å². The molecule has 0 aliphatic carbocycles. The van der Waals surface area contributed by atoms with Crippen LogP contribution in [0.15, 0.2) is 91.0 Å². The molecule has 1 heteroatoms. The summed E-state index contributed by atoms with van der Waals surface area (Å²) in [5.41, 5.74) is 3.90. The summed E-state index contributed by atoms with van der Waals surface area (Å²) in [7, 11) is 0. The Hall–Kier alpha value is -1.86. The maximum atomic E-state index is 3.69. The number of hydrogen-bond acceptors (Lipinski definition) is 0. The van der Waals surface area contributed by atoms with Crippen LogP contribution in [-0.4, -0.2) is 0 Å². The summed E-state index contributed by atoms with van der Waals surface area (Å²) in [6.07, 6.45) is 0. The minimum Gasteiger partial charge on any atom is -0.0786 e. The molecule has 0 bridgehead atoms. The van der Waals surface area contributed by atoms with E-state index in [1.165, 1.54) is 16.7 Å². The third kappa shape index (κ3) is 5.20. The zero-order valence-corrected chi connectivity index (χ0v) is 13.7. The van der Waals surface area contributed by atoms with Crippen LogP contribution in [0.1, 0.15) is 21.5 Å². The smallest absolute Gasteiger partial charge is 0.0644 e. The molecule has 0 spiro atoms. The Bertz CT molecular complexity index is 578. The van der Waals surface area contributed by atoms with Crippen LogP contribution in [0.4, 0.5) is 0 Å². The van der Waals surface area contributed by atoms with Gasteiger partial charge in [0, 0.05) is 0 Å². The molecule has 0 amide bonds. The van der Waals surface area contributed by atoms with Gasteiger partial charge in [-0.1, -0.05) is 112 Å². The number of rotatable bonds is 2. The van der Waals surface area contributed by atoms with Crippen molar-refractivity contribution in [3.63, 3.8) is 0 Å². The largest absolute Gasteiger partial charge is 0.0786 e. The normalized spacial score (nSPS) is 9.86. The van der Waals surface area contributed by atoms with Crippen LogP contribution < -0.4 is 0 Å². The van der Waals surface area contributed by atoms with Gasteiger partial charge in [0.15, 0.2) is 0 Å². The summed E-state index contributed by atoms with van der Waals surface area (Å²) in [6, 6.07) is 31.1. The molecule has 3 aromatic carbocycles. The molecule has 0 nitrogen and oxygen atoms in total. The van der Waals surface area contributed by atoms with Gasteiger partial charge in [0.2, 0.25) is 0 Å². The average Bonchev–Trinajstić information content (AvgIpc) is 2.57. The molecular weight excluding hydrogens is 320 g/mol. The van der Waals surface area contributed by atoms with Crippen molar-refractivity contribution < 1.29 is 0 Å². The average molecular weight is 339 g/mol. The maximum absolute atomic E-state index is 3.69. The zero-order chi connectivity index (χ0) is 14.9. The molecule has 3 rings (SSSR count). The highest BCUT2D eigenvalue weighted by atomic mass is 79.9. The number of alkyl halides is 1. The SMILES string of the molecule is BrC(c1ccccc1)c1ccccc1.Cc1ccccc1. The van der Waals surface area contributed by atoms with Crippen LogP contribution in [0.2, 0.25) is 0 Å². The second-order valence-corrected chi connectivity index (χ2v) is 5.75. The van der Waals surface area contributed by atoms with Crippen LogP contribution in [-0.2, 0) is 0 Å². The lowest BCUT2D eigenvalue weighted by Gasteiger charge is -2.09. The number of hydrogen-bond donors (Lipinski definition) is 0. The second kappa shape index (κ2) is 8.43. The van der Waals surface area contributed by atoms with Crippen molar-refractivity contribution in [2.24, 2.45) is 0 Å². The first-order chi connectivity index (χ1) is 10.3. The van der Waals surface area contributed by atoms with Gasteiger partial charge < -0.3 is 0 Å². The molecule has 0 radical (unpaired) electrons. The fourth-order valence-electron chi connectivity index (χ4n) is 1.97. The quantitative estimate of drug-likeness (QED) is 0.490. The number of halogens is 1. The third-order valence-corrected chi connectivity index (χ3v) is 4.18. The van der Waals surface area contributed by atoms with Crippen molar-refractivity contribution in [2.75, 3.05) is 0 Å². The Balaban J connectivity index is 0.000000194. The zero-order valence-electron chi connectivity index (χ0n) is 12.1. The molecule has 0 atom stereocenters. The van der Waals surface area contributed by atoms with E-state index in [0.717, 1.165) is 0 Å². The van der Waals surface area contributed by atoms with Gasteiger partial charge >= 0.3 is 0 Å². The Kier molecular flexibility index (Phi) is 6.23. The predicted octanol–water partition coefficient (Wildman–Crippen LogP) is 6.17. The van der Waals surface area contributed by atoms with Gasteiger partial charge in [-0.25, -0.2) is 0 Å². The summed E-state index contributed by atoms with van der Waals surface area (Å²) >= 11 is 3.69. The van der Waals surface area contributed by atoms with E-state index in [-0.39, 0.29) is 0 Å². The first kappa shape index (κ1) is 15.5. The third-order valence-electron chi connectivity index (χ3n) is 3.12. The van der Waals surface area contributed by atoms with E-state index in [4.69, 9.17) is 0 Å². The van der Waals surface area contributed by atoms with Crippen molar-refractivity contribution in [3.8, 4) is 0 Å². The van der Waals surface area contributed by atoms with Crippen molar-refractivity contribution in [1.29, 1.82) is 0 Å². The van der Waals surface area contributed by atoms with Crippen LogP contribution in [0, 0.1) is 6.92 Å². The molecule has 3 aromatic rings.